The van der Waals surface area contributed by atoms with E-state index < -0.39 is 5.97 Å². The van der Waals surface area contributed by atoms with Crippen LogP contribution in [-0.2, 0) is 11.2 Å². The first-order chi connectivity index (χ1) is 8.01. The fourth-order valence-electron chi connectivity index (χ4n) is 1.59. The van der Waals surface area contributed by atoms with E-state index in [2.05, 4.69) is 5.32 Å². The first kappa shape index (κ1) is 13.0. The lowest BCUT2D eigenvalue weighted by Gasteiger charge is -2.13. The van der Waals surface area contributed by atoms with Gasteiger partial charge in [0, 0.05) is 6.42 Å². The molecule has 0 aliphatic rings. The zero-order valence-corrected chi connectivity index (χ0v) is 9.91. The van der Waals surface area contributed by atoms with Crippen LogP contribution in [0.3, 0.4) is 0 Å². The maximum atomic E-state index is 11.3. The van der Waals surface area contributed by atoms with Gasteiger partial charge in [0.15, 0.2) is 0 Å². The first-order valence-corrected chi connectivity index (χ1v) is 5.45. The largest absolute Gasteiger partial charge is 0.478 e. The third kappa shape index (κ3) is 2.75. The molecule has 92 valence electrons. The summed E-state index contributed by atoms with van der Waals surface area (Å²) >= 11 is 0. The standard InChI is InChI=1S/C12H16N2O3/c1-3-7-8(12(16)17)5-6-9(11(7)13)14-10(15)4-2/h5-6H,3-4,13H2,1-2H3,(H,14,15)(H,16,17). The van der Waals surface area contributed by atoms with Crippen LogP contribution in [0.2, 0.25) is 0 Å². The smallest absolute Gasteiger partial charge is 0.336 e. The maximum absolute atomic E-state index is 11.3. The first-order valence-electron chi connectivity index (χ1n) is 5.45. The van der Waals surface area contributed by atoms with E-state index in [0.29, 0.717) is 29.8 Å². The summed E-state index contributed by atoms with van der Waals surface area (Å²) in [4.78, 5) is 22.2. The van der Waals surface area contributed by atoms with Crippen LogP contribution in [0.25, 0.3) is 0 Å². The molecule has 0 spiro atoms. The van der Waals surface area contributed by atoms with Crippen molar-refractivity contribution in [1.29, 1.82) is 0 Å². The zero-order chi connectivity index (χ0) is 13.0. The summed E-state index contributed by atoms with van der Waals surface area (Å²) in [6, 6.07) is 2.98. The Kier molecular flexibility index (Phi) is 4.09. The second-order valence-corrected chi connectivity index (χ2v) is 3.61. The van der Waals surface area contributed by atoms with Crippen molar-refractivity contribution in [1.82, 2.24) is 0 Å². The molecule has 0 bridgehead atoms. The molecule has 17 heavy (non-hydrogen) atoms. The van der Waals surface area contributed by atoms with E-state index >= 15 is 0 Å². The molecule has 4 N–H and O–H groups in total. The van der Waals surface area contributed by atoms with E-state index in [4.69, 9.17) is 10.8 Å². The van der Waals surface area contributed by atoms with E-state index in [1.54, 1.807) is 6.92 Å². The van der Waals surface area contributed by atoms with E-state index in [0.717, 1.165) is 0 Å². The normalized spacial score (nSPS) is 10.0. The van der Waals surface area contributed by atoms with Crippen molar-refractivity contribution in [3.05, 3.63) is 23.3 Å². The van der Waals surface area contributed by atoms with E-state index in [1.807, 2.05) is 6.92 Å². The molecule has 0 fully saturated rings. The summed E-state index contributed by atoms with van der Waals surface area (Å²) in [7, 11) is 0. The third-order valence-corrected chi connectivity index (χ3v) is 2.54. The summed E-state index contributed by atoms with van der Waals surface area (Å²) in [6.45, 7) is 3.56. The molecular formula is C12H16N2O3. The lowest BCUT2D eigenvalue weighted by atomic mass is 10.0. The van der Waals surface area contributed by atoms with Crippen molar-refractivity contribution in [2.75, 3.05) is 11.1 Å². The number of hydrogen-bond acceptors (Lipinski definition) is 3. The highest BCUT2D eigenvalue weighted by Crippen LogP contribution is 2.27. The molecule has 1 aromatic carbocycles. The summed E-state index contributed by atoms with van der Waals surface area (Å²) in [5.41, 5.74) is 7.38. The van der Waals surface area contributed by atoms with Crippen LogP contribution in [0.5, 0.6) is 0 Å². The molecule has 5 nitrogen and oxygen atoms in total. The Morgan fingerprint density at radius 2 is 2.00 bits per heavy atom. The molecule has 0 radical (unpaired) electrons. The molecule has 0 unspecified atom stereocenters. The van der Waals surface area contributed by atoms with Crippen molar-refractivity contribution in [3.8, 4) is 0 Å². The van der Waals surface area contributed by atoms with Crippen LogP contribution in [0.4, 0.5) is 11.4 Å². The molecule has 0 aromatic heterocycles. The van der Waals surface area contributed by atoms with Gasteiger partial charge in [0.05, 0.1) is 16.9 Å². The topological polar surface area (TPSA) is 92.4 Å². The molecule has 0 heterocycles. The quantitative estimate of drug-likeness (QED) is 0.696. The minimum absolute atomic E-state index is 0.151. The zero-order valence-electron chi connectivity index (χ0n) is 9.91. The monoisotopic (exact) mass is 236 g/mol. The molecule has 0 saturated carbocycles. The number of carbonyl (C=O) groups excluding carboxylic acids is 1. The van der Waals surface area contributed by atoms with Crippen LogP contribution in [0.15, 0.2) is 12.1 Å². The summed E-state index contributed by atoms with van der Waals surface area (Å²) in [5, 5.41) is 11.6. The molecule has 0 atom stereocenters. The number of carbonyl (C=O) groups is 2. The molecule has 1 amide bonds. The summed E-state index contributed by atoms with van der Waals surface area (Å²) < 4.78 is 0. The highest BCUT2D eigenvalue weighted by Gasteiger charge is 2.15. The van der Waals surface area contributed by atoms with Crippen LogP contribution >= 0.6 is 0 Å². The van der Waals surface area contributed by atoms with Crippen molar-refractivity contribution in [3.63, 3.8) is 0 Å². The SMILES string of the molecule is CCC(=O)Nc1ccc(C(=O)O)c(CC)c1N. The van der Waals surface area contributed by atoms with Crippen molar-refractivity contribution in [2.45, 2.75) is 26.7 Å². The average Bonchev–Trinajstić information content (AvgIpc) is 2.30. The number of nitrogen functional groups attached to an aromatic ring is 1. The number of nitrogens with two attached hydrogens (primary N) is 1. The lowest BCUT2D eigenvalue weighted by molar-refractivity contribution is -0.115. The average molecular weight is 236 g/mol. The Hall–Kier alpha value is -2.04. The minimum atomic E-state index is -1.01. The van der Waals surface area contributed by atoms with Gasteiger partial charge in [-0.1, -0.05) is 13.8 Å². The Balaban J connectivity index is 3.20. The predicted octanol–water partition coefficient (Wildman–Crippen LogP) is 1.88. The minimum Gasteiger partial charge on any atom is -0.478 e. The third-order valence-electron chi connectivity index (χ3n) is 2.54. The lowest BCUT2D eigenvalue weighted by Crippen LogP contribution is -2.14. The highest BCUT2D eigenvalue weighted by molar-refractivity contribution is 5.98. The highest BCUT2D eigenvalue weighted by atomic mass is 16.4. The van der Waals surface area contributed by atoms with Crippen LogP contribution in [0.1, 0.15) is 36.2 Å². The van der Waals surface area contributed by atoms with E-state index in [1.165, 1.54) is 12.1 Å². The fourth-order valence-corrected chi connectivity index (χ4v) is 1.59. The molecule has 1 aromatic rings. The van der Waals surface area contributed by atoms with Gasteiger partial charge < -0.3 is 16.2 Å². The summed E-state index contributed by atoms with van der Waals surface area (Å²) in [5.74, 6) is -1.16. The number of rotatable bonds is 4. The van der Waals surface area contributed by atoms with Gasteiger partial charge >= 0.3 is 5.97 Å². The number of aromatic carboxylic acids is 1. The molecule has 1 rings (SSSR count). The summed E-state index contributed by atoms with van der Waals surface area (Å²) in [6.07, 6.45) is 0.852. The Morgan fingerprint density at radius 1 is 1.35 bits per heavy atom. The van der Waals surface area contributed by atoms with Crippen LogP contribution in [-0.4, -0.2) is 17.0 Å². The number of carboxylic acid groups (broad SMARTS) is 1. The molecule has 0 aliphatic carbocycles. The maximum Gasteiger partial charge on any atom is 0.336 e. The molecule has 0 saturated heterocycles. The van der Waals surface area contributed by atoms with Gasteiger partial charge in [-0.15, -0.1) is 0 Å². The van der Waals surface area contributed by atoms with Crippen molar-refractivity contribution >= 4 is 23.3 Å². The Bertz CT molecular complexity index is 455. The van der Waals surface area contributed by atoms with Gasteiger partial charge in [-0.2, -0.15) is 0 Å². The molecular weight excluding hydrogens is 220 g/mol. The molecule has 5 heteroatoms. The molecule has 0 aliphatic heterocycles. The van der Waals surface area contributed by atoms with Gasteiger partial charge in [0.25, 0.3) is 0 Å². The van der Waals surface area contributed by atoms with Crippen LogP contribution < -0.4 is 11.1 Å². The van der Waals surface area contributed by atoms with Gasteiger partial charge in [-0.05, 0) is 24.1 Å². The van der Waals surface area contributed by atoms with Crippen molar-refractivity contribution < 1.29 is 14.7 Å². The predicted molar refractivity (Wildman–Crippen MR) is 66.1 cm³/mol. The van der Waals surface area contributed by atoms with E-state index in [-0.39, 0.29) is 11.5 Å². The van der Waals surface area contributed by atoms with E-state index in [9.17, 15) is 9.59 Å². The van der Waals surface area contributed by atoms with Crippen molar-refractivity contribution in [2.24, 2.45) is 0 Å². The van der Waals surface area contributed by atoms with Gasteiger partial charge in [0.2, 0.25) is 5.91 Å². The number of benzene rings is 1. The number of anilines is 2. The number of hydrogen-bond donors (Lipinski definition) is 3. The second kappa shape index (κ2) is 5.34. The Labute approximate surface area is 99.6 Å². The van der Waals surface area contributed by atoms with Crippen LogP contribution in [0, 0.1) is 0 Å². The number of nitrogens with one attached hydrogen (secondary N) is 1. The van der Waals surface area contributed by atoms with Gasteiger partial charge in [-0.3, -0.25) is 4.79 Å². The number of carboxylic acids is 1. The fraction of sp³-hybridized carbons (Fsp3) is 0.333. The number of amides is 1. The second-order valence-electron chi connectivity index (χ2n) is 3.61. The Morgan fingerprint density at radius 3 is 2.47 bits per heavy atom. The van der Waals surface area contributed by atoms with Gasteiger partial charge in [0.1, 0.15) is 0 Å². The van der Waals surface area contributed by atoms with Gasteiger partial charge in [-0.25, -0.2) is 4.79 Å².